The fraction of sp³-hybridized carbons (Fsp3) is 0.200. The molecule has 0 saturated carbocycles. The Morgan fingerprint density at radius 2 is 1.94 bits per heavy atom. The minimum atomic E-state index is -0.368. The minimum Gasteiger partial charge on any atom is -0.312 e. The summed E-state index contributed by atoms with van der Waals surface area (Å²) in [6.07, 6.45) is 2.26. The van der Waals surface area contributed by atoms with Gasteiger partial charge in [-0.15, -0.1) is 11.3 Å². The first-order chi connectivity index (χ1) is 15.9. The maximum atomic E-state index is 13.4. The Bertz CT molecular complexity index is 1380. The van der Waals surface area contributed by atoms with Crippen LogP contribution in [0.1, 0.15) is 29.8 Å². The summed E-state index contributed by atoms with van der Waals surface area (Å²) in [7, 11) is 0. The van der Waals surface area contributed by atoms with Gasteiger partial charge in [-0.1, -0.05) is 23.9 Å². The van der Waals surface area contributed by atoms with Gasteiger partial charge in [-0.3, -0.25) is 9.59 Å². The Labute approximate surface area is 198 Å². The van der Waals surface area contributed by atoms with Crippen molar-refractivity contribution in [2.24, 2.45) is 0 Å². The lowest BCUT2D eigenvalue weighted by Crippen LogP contribution is -2.25. The van der Waals surface area contributed by atoms with Gasteiger partial charge in [0.05, 0.1) is 10.6 Å². The highest BCUT2D eigenvalue weighted by atomic mass is 32.2. The third-order valence-corrected chi connectivity index (χ3v) is 7.77. The van der Waals surface area contributed by atoms with E-state index < -0.39 is 0 Å². The number of benzene rings is 2. The topological polar surface area (TPSA) is 63.2 Å². The number of fused-ring (bicyclic) bond motifs is 2. The molecule has 1 amide bonds. The number of thioether (sulfide) groups is 1. The van der Waals surface area contributed by atoms with Crippen LogP contribution in [0.4, 0.5) is 10.1 Å². The number of Topliss-reactive ketones (excluding diaryl/α,β-unsaturated/α-hetero) is 1. The van der Waals surface area contributed by atoms with Crippen molar-refractivity contribution >= 4 is 50.7 Å². The number of halogens is 1. The van der Waals surface area contributed by atoms with E-state index in [4.69, 9.17) is 0 Å². The highest BCUT2D eigenvalue weighted by Gasteiger charge is 2.25. The van der Waals surface area contributed by atoms with Crippen LogP contribution in [-0.4, -0.2) is 33.5 Å². The van der Waals surface area contributed by atoms with E-state index in [2.05, 4.69) is 9.97 Å². The monoisotopic (exact) mass is 477 g/mol. The molecule has 1 aliphatic heterocycles. The number of carbonyl (C=O) groups is 2. The molecule has 2 aromatic heterocycles. The number of nitrogens with zero attached hydrogens (tertiary/aromatic N) is 3. The molecule has 0 saturated heterocycles. The molecule has 33 heavy (non-hydrogen) atoms. The van der Waals surface area contributed by atoms with Gasteiger partial charge in [0.1, 0.15) is 22.0 Å². The second-order valence-corrected chi connectivity index (χ2v) is 10.1. The summed E-state index contributed by atoms with van der Waals surface area (Å²) in [6, 6.07) is 11.9. The molecule has 1 atom stereocenters. The van der Waals surface area contributed by atoms with Crippen molar-refractivity contribution in [1.82, 2.24) is 9.97 Å². The maximum absolute atomic E-state index is 13.4. The molecule has 4 aromatic rings. The van der Waals surface area contributed by atoms with Crippen molar-refractivity contribution in [3.63, 3.8) is 0 Å². The van der Waals surface area contributed by atoms with Crippen LogP contribution in [0, 0.1) is 5.82 Å². The highest BCUT2D eigenvalue weighted by Crippen LogP contribution is 2.39. The van der Waals surface area contributed by atoms with E-state index in [-0.39, 0.29) is 22.8 Å². The minimum absolute atomic E-state index is 0.00870. The number of anilines is 1. The van der Waals surface area contributed by atoms with Crippen LogP contribution in [0.15, 0.2) is 59.2 Å². The van der Waals surface area contributed by atoms with Crippen LogP contribution in [-0.2, 0) is 11.2 Å². The molecule has 0 radical (unpaired) electrons. The highest BCUT2D eigenvalue weighted by molar-refractivity contribution is 8.00. The van der Waals surface area contributed by atoms with E-state index in [9.17, 15) is 14.0 Å². The predicted octanol–water partition coefficient (Wildman–Crippen LogP) is 5.77. The first kappa shape index (κ1) is 21.7. The quantitative estimate of drug-likeness (QED) is 0.207. The second kappa shape index (κ2) is 8.68. The summed E-state index contributed by atoms with van der Waals surface area (Å²) < 4.78 is 13.4. The molecule has 0 aliphatic carbocycles. The van der Waals surface area contributed by atoms with Crippen molar-refractivity contribution in [2.75, 3.05) is 11.4 Å². The SMILES string of the molecule is CC(=O)N1CCc2cc(C(=O)C(C)Sc3ncnc4scc(-c5ccc(F)cc5)c34)ccc21. The zero-order valence-corrected chi connectivity index (χ0v) is 19.7. The van der Waals surface area contributed by atoms with Gasteiger partial charge >= 0.3 is 0 Å². The van der Waals surface area contributed by atoms with E-state index in [1.165, 1.54) is 41.6 Å². The number of hydrogen-bond donors (Lipinski definition) is 0. The Morgan fingerprint density at radius 1 is 1.15 bits per heavy atom. The van der Waals surface area contributed by atoms with Crippen LogP contribution in [0.3, 0.4) is 0 Å². The van der Waals surface area contributed by atoms with Gasteiger partial charge in [-0.2, -0.15) is 0 Å². The molecule has 5 rings (SSSR count). The summed E-state index contributed by atoms with van der Waals surface area (Å²) in [6.45, 7) is 4.08. The molecule has 1 unspecified atom stereocenters. The fourth-order valence-electron chi connectivity index (χ4n) is 4.12. The summed E-state index contributed by atoms with van der Waals surface area (Å²) in [4.78, 5) is 36.5. The fourth-order valence-corrected chi connectivity index (χ4v) is 6.11. The van der Waals surface area contributed by atoms with E-state index >= 15 is 0 Å². The lowest BCUT2D eigenvalue weighted by atomic mass is 10.0. The number of hydrogen-bond acceptors (Lipinski definition) is 6. The molecular formula is C25H20FN3O2S2. The third-order valence-electron chi connectivity index (χ3n) is 5.79. The summed E-state index contributed by atoms with van der Waals surface area (Å²) in [5.74, 6) is -0.268. The molecule has 5 nitrogen and oxygen atoms in total. The molecule has 0 fully saturated rings. The van der Waals surface area contributed by atoms with Gasteiger partial charge in [0.15, 0.2) is 5.78 Å². The van der Waals surface area contributed by atoms with Crippen molar-refractivity contribution in [1.29, 1.82) is 0 Å². The average molecular weight is 478 g/mol. The Kier molecular flexibility index (Phi) is 5.72. The number of aromatic nitrogens is 2. The summed E-state index contributed by atoms with van der Waals surface area (Å²) >= 11 is 2.90. The van der Waals surface area contributed by atoms with E-state index in [0.29, 0.717) is 12.1 Å². The Hall–Kier alpha value is -3.10. The largest absolute Gasteiger partial charge is 0.312 e. The number of thiophene rings is 1. The van der Waals surface area contributed by atoms with Crippen LogP contribution in [0.25, 0.3) is 21.3 Å². The smallest absolute Gasteiger partial charge is 0.223 e. The third kappa shape index (κ3) is 4.05. The zero-order valence-electron chi connectivity index (χ0n) is 18.0. The first-order valence-electron chi connectivity index (χ1n) is 10.5. The van der Waals surface area contributed by atoms with Gasteiger partial charge in [0.2, 0.25) is 5.91 Å². The Balaban J connectivity index is 1.43. The molecule has 3 heterocycles. The Morgan fingerprint density at radius 3 is 2.70 bits per heavy atom. The first-order valence-corrected chi connectivity index (χ1v) is 12.3. The van der Waals surface area contributed by atoms with E-state index in [1.54, 1.807) is 30.0 Å². The van der Waals surface area contributed by atoms with Crippen molar-refractivity contribution in [3.05, 3.63) is 71.1 Å². The van der Waals surface area contributed by atoms with Crippen LogP contribution in [0.2, 0.25) is 0 Å². The number of rotatable bonds is 5. The molecule has 0 bridgehead atoms. The zero-order chi connectivity index (χ0) is 23.1. The van der Waals surface area contributed by atoms with Gasteiger partial charge in [-0.25, -0.2) is 14.4 Å². The second-order valence-electron chi connectivity index (χ2n) is 7.90. The predicted molar refractivity (Wildman–Crippen MR) is 131 cm³/mol. The van der Waals surface area contributed by atoms with Crippen molar-refractivity contribution in [3.8, 4) is 11.1 Å². The lowest BCUT2D eigenvalue weighted by Gasteiger charge is -2.15. The van der Waals surface area contributed by atoms with Crippen LogP contribution >= 0.6 is 23.1 Å². The molecule has 0 spiro atoms. The van der Waals surface area contributed by atoms with Gasteiger partial charge in [-0.05, 0) is 54.8 Å². The molecule has 2 aromatic carbocycles. The standard InChI is InChI=1S/C25H20FN3O2S2/c1-14(23(31)18-5-8-21-17(11-18)9-10-29(21)15(2)30)33-25-22-20(12-32-24(22)27-13-28-25)16-3-6-19(26)7-4-16/h3-8,11-14H,9-10H2,1-2H3. The number of amides is 1. The van der Waals surface area contributed by atoms with Crippen molar-refractivity contribution < 1.29 is 14.0 Å². The van der Waals surface area contributed by atoms with Gasteiger partial charge in [0, 0.05) is 35.7 Å². The molecular weight excluding hydrogens is 457 g/mol. The molecule has 166 valence electrons. The van der Waals surface area contributed by atoms with Crippen LogP contribution < -0.4 is 4.90 Å². The lowest BCUT2D eigenvalue weighted by molar-refractivity contribution is -0.116. The maximum Gasteiger partial charge on any atom is 0.223 e. The number of ketones is 1. The molecule has 1 aliphatic rings. The van der Waals surface area contributed by atoms with Gasteiger partial charge < -0.3 is 4.90 Å². The molecule has 8 heteroatoms. The summed E-state index contributed by atoms with van der Waals surface area (Å²) in [5, 5.41) is 3.23. The van der Waals surface area contributed by atoms with Crippen LogP contribution in [0.5, 0.6) is 0 Å². The van der Waals surface area contributed by atoms with Gasteiger partial charge in [0.25, 0.3) is 0 Å². The molecule has 0 N–H and O–H groups in total. The number of carbonyl (C=O) groups excluding carboxylic acids is 2. The summed E-state index contributed by atoms with van der Waals surface area (Å²) in [5.41, 5.74) is 4.35. The average Bonchev–Trinajstić information content (AvgIpc) is 3.43. The van der Waals surface area contributed by atoms with E-state index in [0.717, 1.165) is 44.0 Å². The van der Waals surface area contributed by atoms with E-state index in [1.807, 2.05) is 24.4 Å². The normalized spacial score (nSPS) is 13.8. The van der Waals surface area contributed by atoms with Crippen molar-refractivity contribution in [2.45, 2.75) is 30.5 Å².